The molecule has 1 atom stereocenters. The maximum Gasteiger partial charge on any atom is 0.408 e. The highest BCUT2D eigenvalue weighted by Crippen LogP contribution is 2.22. The molecule has 0 saturated heterocycles. The van der Waals surface area contributed by atoms with Crippen LogP contribution in [0.1, 0.15) is 58.1 Å². The van der Waals surface area contributed by atoms with E-state index in [1.54, 1.807) is 12.1 Å². The van der Waals surface area contributed by atoms with Crippen molar-refractivity contribution in [2.45, 2.75) is 58.1 Å². The fourth-order valence-electron chi connectivity index (χ4n) is 2.04. The Hall–Kier alpha value is -1.55. The van der Waals surface area contributed by atoms with Crippen molar-refractivity contribution in [2.75, 3.05) is 0 Å². The quantitative estimate of drug-likeness (QED) is 0.585. The molecule has 0 spiro atoms. The van der Waals surface area contributed by atoms with Crippen molar-refractivity contribution in [1.29, 1.82) is 0 Å². The number of benzene rings is 1. The second-order valence-electron chi connectivity index (χ2n) is 6.20. The van der Waals surface area contributed by atoms with E-state index >= 15 is 0 Å². The van der Waals surface area contributed by atoms with Crippen LogP contribution in [0.3, 0.4) is 0 Å². The number of ether oxygens (including phenoxy) is 1. The third kappa shape index (κ3) is 7.46. The summed E-state index contributed by atoms with van der Waals surface area (Å²) in [7, 11) is 0. The Morgan fingerprint density at radius 1 is 1.27 bits per heavy atom. The van der Waals surface area contributed by atoms with Crippen molar-refractivity contribution in [3.05, 3.63) is 34.9 Å². The van der Waals surface area contributed by atoms with E-state index in [0.29, 0.717) is 11.4 Å². The van der Waals surface area contributed by atoms with Crippen molar-refractivity contribution in [3.63, 3.8) is 0 Å². The van der Waals surface area contributed by atoms with Crippen LogP contribution in [0.25, 0.3) is 0 Å². The van der Waals surface area contributed by atoms with Gasteiger partial charge < -0.3 is 14.8 Å². The van der Waals surface area contributed by atoms with Gasteiger partial charge in [0.05, 0.1) is 6.04 Å². The maximum absolute atomic E-state index is 12.0. The summed E-state index contributed by atoms with van der Waals surface area (Å²) in [6.07, 6.45) is 3.42. The van der Waals surface area contributed by atoms with Gasteiger partial charge >= 0.3 is 6.09 Å². The van der Waals surface area contributed by atoms with Gasteiger partial charge in [-0.1, -0.05) is 30.2 Å². The third-order valence-electron chi connectivity index (χ3n) is 3.03. The van der Waals surface area contributed by atoms with E-state index in [9.17, 15) is 9.59 Å². The fraction of sp³-hybridized carbons (Fsp3) is 0.529. The maximum atomic E-state index is 12.0. The zero-order chi connectivity index (χ0) is 16.6. The van der Waals surface area contributed by atoms with Crippen LogP contribution in [0, 0.1) is 0 Å². The van der Waals surface area contributed by atoms with Crippen LogP contribution in [-0.2, 0) is 9.53 Å². The average molecular weight is 326 g/mol. The van der Waals surface area contributed by atoms with Crippen molar-refractivity contribution in [3.8, 4) is 0 Å². The summed E-state index contributed by atoms with van der Waals surface area (Å²) in [6.45, 7) is 5.48. The molecule has 0 fully saturated rings. The van der Waals surface area contributed by atoms with E-state index in [-0.39, 0.29) is 6.04 Å². The molecule has 0 aliphatic rings. The molecule has 0 bridgehead atoms. The average Bonchev–Trinajstić information content (AvgIpc) is 2.41. The zero-order valence-electron chi connectivity index (χ0n) is 13.4. The minimum Gasteiger partial charge on any atom is -0.444 e. The second kappa shape index (κ2) is 8.79. The number of hydrogen-bond donors (Lipinski definition) is 1. The topological polar surface area (TPSA) is 55.4 Å². The molecule has 122 valence electrons. The normalized spacial score (nSPS) is 12.5. The minimum atomic E-state index is -0.536. The lowest BCUT2D eigenvalue weighted by atomic mass is 10.0. The summed E-state index contributed by atoms with van der Waals surface area (Å²) in [5.74, 6) is 0. The van der Waals surface area contributed by atoms with Gasteiger partial charge in [-0.05, 0) is 51.3 Å². The summed E-state index contributed by atoms with van der Waals surface area (Å²) in [5.41, 5.74) is 0.438. The first-order valence-electron chi connectivity index (χ1n) is 7.50. The number of unbranched alkanes of at least 4 members (excludes halogenated alkanes) is 2. The molecule has 22 heavy (non-hydrogen) atoms. The first-order valence-corrected chi connectivity index (χ1v) is 7.88. The molecule has 0 radical (unpaired) electrons. The Morgan fingerprint density at radius 3 is 2.45 bits per heavy atom. The molecule has 4 nitrogen and oxygen atoms in total. The Bertz CT molecular complexity index is 480. The lowest BCUT2D eigenvalue weighted by molar-refractivity contribution is -0.107. The lowest BCUT2D eigenvalue weighted by Gasteiger charge is -2.24. The van der Waals surface area contributed by atoms with E-state index < -0.39 is 11.7 Å². The van der Waals surface area contributed by atoms with E-state index in [4.69, 9.17) is 16.3 Å². The van der Waals surface area contributed by atoms with Crippen molar-refractivity contribution < 1.29 is 14.3 Å². The Kier molecular flexibility index (Phi) is 7.39. The monoisotopic (exact) mass is 325 g/mol. The predicted molar refractivity (Wildman–Crippen MR) is 88.1 cm³/mol. The molecule has 0 aromatic heterocycles. The van der Waals surface area contributed by atoms with Crippen LogP contribution < -0.4 is 5.32 Å². The molecule has 1 N–H and O–H groups in total. The van der Waals surface area contributed by atoms with Gasteiger partial charge in [0, 0.05) is 11.4 Å². The minimum absolute atomic E-state index is 0.154. The molecular formula is C17H24ClNO3. The highest BCUT2D eigenvalue weighted by Gasteiger charge is 2.20. The molecule has 0 aliphatic carbocycles. The van der Waals surface area contributed by atoms with Gasteiger partial charge in [-0.25, -0.2) is 4.79 Å². The molecular weight excluding hydrogens is 302 g/mol. The number of aldehydes is 1. The smallest absolute Gasteiger partial charge is 0.408 e. The van der Waals surface area contributed by atoms with Crippen molar-refractivity contribution in [1.82, 2.24) is 5.32 Å². The van der Waals surface area contributed by atoms with E-state index in [1.165, 1.54) is 0 Å². The first-order chi connectivity index (χ1) is 10.3. The summed E-state index contributed by atoms with van der Waals surface area (Å²) in [5, 5.41) is 3.55. The van der Waals surface area contributed by atoms with Crippen LogP contribution in [0.4, 0.5) is 4.79 Å². The van der Waals surface area contributed by atoms with Crippen LogP contribution in [0.5, 0.6) is 0 Å². The standard InChI is InChI=1S/C17H24ClNO3/c1-17(2,3)22-16(21)19-15(7-5-4-6-12-20)13-8-10-14(18)11-9-13/h8-12,15H,4-7H2,1-3H3,(H,19,21)/t15-/m0/s1. The molecule has 5 heteroatoms. The first kappa shape index (κ1) is 18.5. The number of alkyl carbamates (subject to hydrolysis) is 1. The second-order valence-corrected chi connectivity index (χ2v) is 6.64. The van der Waals surface area contributed by atoms with Crippen molar-refractivity contribution in [2.24, 2.45) is 0 Å². The highest BCUT2D eigenvalue weighted by atomic mass is 35.5. The van der Waals surface area contributed by atoms with Gasteiger partial charge in [0.1, 0.15) is 11.9 Å². The highest BCUT2D eigenvalue weighted by molar-refractivity contribution is 6.30. The number of rotatable bonds is 7. The molecule has 1 amide bonds. The molecule has 1 rings (SSSR count). The third-order valence-corrected chi connectivity index (χ3v) is 3.28. The summed E-state index contributed by atoms with van der Waals surface area (Å²) < 4.78 is 5.31. The van der Waals surface area contributed by atoms with Crippen LogP contribution >= 0.6 is 11.6 Å². The summed E-state index contributed by atoms with van der Waals surface area (Å²) in [6, 6.07) is 7.23. The van der Waals surface area contributed by atoms with Crippen LogP contribution in [0.2, 0.25) is 5.02 Å². The van der Waals surface area contributed by atoms with Gasteiger partial charge in [0.15, 0.2) is 0 Å². The fourth-order valence-corrected chi connectivity index (χ4v) is 2.17. The van der Waals surface area contributed by atoms with E-state index in [0.717, 1.165) is 31.1 Å². The van der Waals surface area contributed by atoms with Gasteiger partial charge in [0.25, 0.3) is 0 Å². The number of halogens is 1. The number of hydrogen-bond acceptors (Lipinski definition) is 3. The van der Waals surface area contributed by atoms with Crippen LogP contribution in [-0.4, -0.2) is 18.0 Å². The number of nitrogens with one attached hydrogen (secondary N) is 1. The largest absolute Gasteiger partial charge is 0.444 e. The Labute approximate surface area is 137 Å². The molecule has 0 saturated carbocycles. The molecule has 1 aromatic carbocycles. The van der Waals surface area contributed by atoms with E-state index in [1.807, 2.05) is 32.9 Å². The summed E-state index contributed by atoms with van der Waals surface area (Å²) >= 11 is 5.90. The van der Waals surface area contributed by atoms with Crippen LogP contribution in [0.15, 0.2) is 24.3 Å². The molecule has 0 aliphatic heterocycles. The SMILES string of the molecule is CC(C)(C)OC(=O)N[C@@H](CCCCC=O)c1ccc(Cl)cc1. The van der Waals surface area contributed by atoms with Crippen molar-refractivity contribution >= 4 is 24.0 Å². The Balaban J connectivity index is 2.70. The van der Waals surface area contributed by atoms with Gasteiger partial charge in [0.2, 0.25) is 0 Å². The number of amides is 1. The van der Waals surface area contributed by atoms with E-state index in [2.05, 4.69) is 5.32 Å². The van der Waals surface area contributed by atoms with Gasteiger partial charge in [-0.3, -0.25) is 0 Å². The molecule has 0 heterocycles. The lowest BCUT2D eigenvalue weighted by Crippen LogP contribution is -2.35. The van der Waals surface area contributed by atoms with Gasteiger partial charge in [-0.15, -0.1) is 0 Å². The predicted octanol–water partition coefficient (Wildman–Crippen LogP) is 4.67. The Morgan fingerprint density at radius 2 is 1.91 bits per heavy atom. The molecule has 0 unspecified atom stereocenters. The molecule has 1 aromatic rings. The number of carbonyl (C=O) groups is 2. The summed E-state index contributed by atoms with van der Waals surface area (Å²) in [4.78, 5) is 22.4. The van der Waals surface area contributed by atoms with Gasteiger partial charge in [-0.2, -0.15) is 0 Å². The number of carbonyl (C=O) groups excluding carboxylic acids is 2. The zero-order valence-corrected chi connectivity index (χ0v) is 14.2.